The van der Waals surface area contributed by atoms with Crippen molar-refractivity contribution in [1.82, 2.24) is 10.6 Å². The highest BCUT2D eigenvalue weighted by atomic mass is 16.2. The number of carbonyl (C=O) groups is 2. The molecule has 1 atom stereocenters. The van der Waals surface area contributed by atoms with E-state index in [0.29, 0.717) is 6.04 Å². The molecular formula is C10H19N3O2. The van der Waals surface area contributed by atoms with Crippen LogP contribution in [0.15, 0.2) is 0 Å². The van der Waals surface area contributed by atoms with Crippen molar-refractivity contribution in [3.63, 3.8) is 0 Å². The maximum absolute atomic E-state index is 11.2. The van der Waals surface area contributed by atoms with Gasteiger partial charge in [0.2, 0.25) is 11.8 Å². The number of amides is 2. The van der Waals surface area contributed by atoms with Gasteiger partial charge in [-0.2, -0.15) is 0 Å². The summed E-state index contributed by atoms with van der Waals surface area (Å²) in [6.45, 7) is 1.99. The fraction of sp³-hybridized carbons (Fsp3) is 0.800. The van der Waals surface area contributed by atoms with Gasteiger partial charge in [0.25, 0.3) is 0 Å². The highest BCUT2D eigenvalue weighted by molar-refractivity contribution is 5.85. The number of hydrogen-bond acceptors (Lipinski definition) is 3. The van der Waals surface area contributed by atoms with E-state index < -0.39 is 0 Å². The van der Waals surface area contributed by atoms with Crippen molar-refractivity contribution >= 4 is 11.8 Å². The van der Waals surface area contributed by atoms with Crippen LogP contribution in [0.2, 0.25) is 0 Å². The van der Waals surface area contributed by atoms with Gasteiger partial charge in [-0.25, -0.2) is 0 Å². The van der Waals surface area contributed by atoms with Crippen molar-refractivity contribution < 1.29 is 9.59 Å². The van der Waals surface area contributed by atoms with Crippen LogP contribution in [0.4, 0.5) is 0 Å². The molecule has 15 heavy (non-hydrogen) atoms. The average molecular weight is 213 g/mol. The van der Waals surface area contributed by atoms with Gasteiger partial charge in [-0.1, -0.05) is 6.92 Å². The van der Waals surface area contributed by atoms with Crippen molar-refractivity contribution in [3.05, 3.63) is 0 Å². The summed E-state index contributed by atoms with van der Waals surface area (Å²) in [6.07, 6.45) is 3.16. The van der Waals surface area contributed by atoms with E-state index in [4.69, 9.17) is 5.73 Å². The van der Waals surface area contributed by atoms with Crippen LogP contribution < -0.4 is 16.4 Å². The minimum Gasteiger partial charge on any atom is -0.352 e. The first-order chi connectivity index (χ1) is 7.11. The van der Waals surface area contributed by atoms with Gasteiger partial charge < -0.3 is 16.4 Å². The number of rotatable bonds is 6. The first-order valence-corrected chi connectivity index (χ1v) is 5.43. The highest BCUT2D eigenvalue weighted by Crippen LogP contribution is 2.18. The smallest absolute Gasteiger partial charge is 0.239 e. The summed E-state index contributed by atoms with van der Waals surface area (Å²) in [7, 11) is 0. The van der Waals surface area contributed by atoms with E-state index in [1.165, 1.54) is 0 Å². The molecule has 1 unspecified atom stereocenters. The zero-order chi connectivity index (χ0) is 11.3. The Kier molecular flexibility index (Phi) is 4.55. The van der Waals surface area contributed by atoms with Gasteiger partial charge in [-0.15, -0.1) is 0 Å². The molecule has 0 heterocycles. The Morgan fingerprint density at radius 1 is 1.40 bits per heavy atom. The molecule has 4 N–H and O–H groups in total. The number of nitrogens with two attached hydrogens (primary N) is 1. The van der Waals surface area contributed by atoms with Gasteiger partial charge in [0.15, 0.2) is 0 Å². The Bertz CT molecular complexity index is 239. The molecule has 1 fully saturated rings. The van der Waals surface area contributed by atoms with E-state index in [1.54, 1.807) is 0 Å². The van der Waals surface area contributed by atoms with Crippen LogP contribution in [0.3, 0.4) is 0 Å². The summed E-state index contributed by atoms with van der Waals surface area (Å²) in [6, 6.07) is 0.226. The van der Waals surface area contributed by atoms with E-state index in [1.807, 2.05) is 6.92 Å². The van der Waals surface area contributed by atoms with Crippen molar-refractivity contribution in [2.75, 3.05) is 6.54 Å². The van der Waals surface area contributed by atoms with E-state index >= 15 is 0 Å². The predicted molar refractivity (Wildman–Crippen MR) is 57.1 cm³/mol. The van der Waals surface area contributed by atoms with Gasteiger partial charge >= 0.3 is 0 Å². The van der Waals surface area contributed by atoms with E-state index in [0.717, 1.165) is 19.3 Å². The number of carbonyl (C=O) groups excluding carboxylic acids is 2. The molecule has 0 aromatic rings. The summed E-state index contributed by atoms with van der Waals surface area (Å²) in [5, 5.41) is 5.34. The van der Waals surface area contributed by atoms with E-state index in [9.17, 15) is 9.59 Å². The standard InChI is InChI=1S/C10H19N3O2/c1-2-7(11)5-9(14)12-6-10(15)13-8-3-4-8/h7-8H,2-6,11H2,1H3,(H,12,14)(H,13,15). The highest BCUT2D eigenvalue weighted by Gasteiger charge is 2.23. The second-order valence-electron chi connectivity index (χ2n) is 3.99. The van der Waals surface area contributed by atoms with Gasteiger partial charge in [-0.05, 0) is 19.3 Å². The van der Waals surface area contributed by atoms with Crippen molar-refractivity contribution in [3.8, 4) is 0 Å². The molecule has 1 aliphatic rings. The molecule has 0 aromatic heterocycles. The summed E-state index contributed by atoms with van der Waals surface area (Å²) in [5.41, 5.74) is 5.61. The molecule has 0 bridgehead atoms. The molecule has 5 heteroatoms. The molecule has 0 radical (unpaired) electrons. The van der Waals surface area contributed by atoms with Crippen LogP contribution in [0.1, 0.15) is 32.6 Å². The lowest BCUT2D eigenvalue weighted by atomic mass is 10.1. The zero-order valence-corrected chi connectivity index (χ0v) is 9.08. The maximum Gasteiger partial charge on any atom is 0.239 e. The molecule has 0 aliphatic heterocycles. The van der Waals surface area contributed by atoms with Gasteiger partial charge in [0, 0.05) is 18.5 Å². The minimum atomic E-state index is -0.157. The van der Waals surface area contributed by atoms with Crippen molar-refractivity contribution in [2.45, 2.75) is 44.7 Å². The third-order valence-electron chi connectivity index (χ3n) is 2.36. The Morgan fingerprint density at radius 3 is 2.60 bits per heavy atom. The topological polar surface area (TPSA) is 84.2 Å². The van der Waals surface area contributed by atoms with Crippen LogP contribution >= 0.6 is 0 Å². The molecule has 2 amide bonds. The predicted octanol–water partition coefficient (Wildman–Crippen LogP) is -0.491. The SMILES string of the molecule is CCC(N)CC(=O)NCC(=O)NC1CC1. The van der Waals surface area contributed by atoms with Crippen LogP contribution in [0, 0.1) is 0 Å². The summed E-state index contributed by atoms with van der Waals surface area (Å²) in [5.74, 6) is -0.272. The first kappa shape index (κ1) is 12.0. The molecular weight excluding hydrogens is 194 g/mol. The Hall–Kier alpha value is -1.10. The molecule has 0 spiro atoms. The Balaban J connectivity index is 2.06. The van der Waals surface area contributed by atoms with Crippen molar-refractivity contribution in [2.24, 2.45) is 5.73 Å². The summed E-state index contributed by atoms with van der Waals surface area (Å²) < 4.78 is 0. The molecule has 1 rings (SSSR count). The van der Waals surface area contributed by atoms with Gasteiger partial charge in [0.05, 0.1) is 6.54 Å². The Labute approximate surface area is 89.8 Å². The lowest BCUT2D eigenvalue weighted by Crippen LogP contribution is -2.39. The van der Waals surface area contributed by atoms with Crippen LogP contribution in [-0.2, 0) is 9.59 Å². The Morgan fingerprint density at radius 2 is 2.07 bits per heavy atom. The third kappa shape index (κ3) is 5.37. The lowest BCUT2D eigenvalue weighted by molar-refractivity contribution is -0.126. The quantitative estimate of drug-likeness (QED) is 0.556. The first-order valence-electron chi connectivity index (χ1n) is 5.43. The zero-order valence-electron chi connectivity index (χ0n) is 9.08. The fourth-order valence-corrected chi connectivity index (χ4v) is 1.14. The third-order valence-corrected chi connectivity index (χ3v) is 2.36. The van der Waals surface area contributed by atoms with E-state index in [2.05, 4.69) is 10.6 Å². The summed E-state index contributed by atoms with van der Waals surface area (Å²) in [4.78, 5) is 22.4. The molecule has 5 nitrogen and oxygen atoms in total. The molecule has 1 saturated carbocycles. The fourth-order valence-electron chi connectivity index (χ4n) is 1.14. The largest absolute Gasteiger partial charge is 0.352 e. The van der Waals surface area contributed by atoms with Crippen molar-refractivity contribution in [1.29, 1.82) is 0 Å². The number of hydrogen-bond donors (Lipinski definition) is 3. The molecule has 1 aliphatic carbocycles. The summed E-state index contributed by atoms with van der Waals surface area (Å²) >= 11 is 0. The maximum atomic E-state index is 11.2. The number of nitrogens with one attached hydrogen (secondary N) is 2. The lowest BCUT2D eigenvalue weighted by Gasteiger charge is -2.09. The van der Waals surface area contributed by atoms with Crippen LogP contribution in [0.5, 0.6) is 0 Å². The second kappa shape index (κ2) is 5.70. The van der Waals surface area contributed by atoms with Gasteiger partial charge in [0.1, 0.15) is 0 Å². The average Bonchev–Trinajstić information content (AvgIpc) is 2.98. The molecule has 0 aromatic carbocycles. The monoisotopic (exact) mass is 213 g/mol. The van der Waals surface area contributed by atoms with E-state index in [-0.39, 0.29) is 30.8 Å². The second-order valence-corrected chi connectivity index (χ2v) is 3.99. The normalized spacial score (nSPS) is 16.9. The minimum absolute atomic E-state index is 0.0613. The van der Waals surface area contributed by atoms with Crippen LogP contribution in [0.25, 0.3) is 0 Å². The molecule has 86 valence electrons. The van der Waals surface area contributed by atoms with Crippen LogP contribution in [-0.4, -0.2) is 30.4 Å². The molecule has 0 saturated heterocycles. The van der Waals surface area contributed by atoms with Gasteiger partial charge in [-0.3, -0.25) is 9.59 Å².